The molecule has 1 saturated heterocycles. The van der Waals surface area contributed by atoms with E-state index in [-0.39, 0.29) is 11.8 Å². The molecule has 0 spiro atoms. The van der Waals surface area contributed by atoms with Crippen molar-refractivity contribution in [2.45, 2.75) is 45.4 Å². The van der Waals surface area contributed by atoms with Crippen LogP contribution >= 0.6 is 22.7 Å². The lowest BCUT2D eigenvalue weighted by Gasteiger charge is -2.31. The summed E-state index contributed by atoms with van der Waals surface area (Å²) in [5.74, 6) is 0.545. The summed E-state index contributed by atoms with van der Waals surface area (Å²) >= 11 is 3.20. The van der Waals surface area contributed by atoms with Gasteiger partial charge in [0.05, 0.1) is 15.6 Å². The van der Waals surface area contributed by atoms with Crippen molar-refractivity contribution in [3.05, 3.63) is 38.0 Å². The second-order valence-electron chi connectivity index (χ2n) is 6.65. The van der Waals surface area contributed by atoms with Crippen LogP contribution in [-0.2, 0) is 11.2 Å². The average molecular weight is 392 g/mol. The maximum Gasteiger partial charge on any atom is 0.264 e. The van der Waals surface area contributed by atoms with Gasteiger partial charge in [-0.25, -0.2) is 4.98 Å². The van der Waals surface area contributed by atoms with Gasteiger partial charge < -0.3 is 10.2 Å². The van der Waals surface area contributed by atoms with Crippen molar-refractivity contribution in [2.24, 2.45) is 0 Å². The molecular formula is C19H25N3O2S2. The molecule has 140 valence electrons. The summed E-state index contributed by atoms with van der Waals surface area (Å²) in [6, 6.07) is 2.00. The number of hydrogen-bond acceptors (Lipinski definition) is 5. The number of rotatable bonds is 6. The fraction of sp³-hybridized carbons (Fsp3) is 0.526. The van der Waals surface area contributed by atoms with Gasteiger partial charge in [-0.05, 0) is 36.8 Å². The molecule has 7 heteroatoms. The molecule has 1 atom stereocenters. The van der Waals surface area contributed by atoms with Crippen LogP contribution in [0, 0.1) is 6.92 Å². The molecule has 0 unspecified atom stereocenters. The number of likely N-dealkylation sites (tertiary alicyclic amines) is 1. The number of amides is 2. The van der Waals surface area contributed by atoms with Gasteiger partial charge in [-0.2, -0.15) is 0 Å². The zero-order chi connectivity index (χ0) is 18.5. The zero-order valence-electron chi connectivity index (χ0n) is 15.3. The molecule has 2 aromatic rings. The molecule has 26 heavy (non-hydrogen) atoms. The first kappa shape index (κ1) is 19.0. The van der Waals surface area contributed by atoms with Crippen molar-refractivity contribution >= 4 is 34.5 Å². The van der Waals surface area contributed by atoms with Crippen molar-refractivity contribution in [1.82, 2.24) is 15.2 Å². The Balaban J connectivity index is 1.59. The highest BCUT2D eigenvalue weighted by molar-refractivity contribution is 7.12. The third-order valence-corrected chi connectivity index (χ3v) is 6.77. The standard InChI is InChI=1S/C19H25N3O2S2/c1-3-16(23)20-8-6-15-12-26-18(21-15)14-5-4-9-22(11-14)19(24)17-13(2)7-10-25-17/h7,10,12,14H,3-6,8-9,11H2,1-2H3,(H,20,23)/t14-/m1/s1. The van der Waals surface area contributed by atoms with Crippen LogP contribution < -0.4 is 5.32 Å². The van der Waals surface area contributed by atoms with Crippen molar-refractivity contribution in [1.29, 1.82) is 0 Å². The van der Waals surface area contributed by atoms with Crippen LogP contribution in [0.3, 0.4) is 0 Å². The first-order valence-corrected chi connectivity index (χ1v) is 10.9. The number of thiazole rings is 1. The molecule has 1 N–H and O–H groups in total. The number of piperidine rings is 1. The minimum absolute atomic E-state index is 0.0748. The predicted octanol–water partition coefficient (Wildman–Crippen LogP) is 3.60. The van der Waals surface area contributed by atoms with E-state index in [4.69, 9.17) is 4.98 Å². The quantitative estimate of drug-likeness (QED) is 0.818. The lowest BCUT2D eigenvalue weighted by molar-refractivity contribution is -0.120. The number of carbonyl (C=O) groups is 2. The van der Waals surface area contributed by atoms with Crippen molar-refractivity contribution < 1.29 is 9.59 Å². The third-order valence-electron chi connectivity index (χ3n) is 4.71. The number of nitrogens with one attached hydrogen (secondary N) is 1. The Labute approximate surface area is 162 Å². The number of thiophene rings is 1. The van der Waals surface area contributed by atoms with Gasteiger partial charge >= 0.3 is 0 Å². The van der Waals surface area contributed by atoms with Crippen molar-refractivity contribution in [2.75, 3.05) is 19.6 Å². The summed E-state index contributed by atoms with van der Waals surface area (Å²) in [5, 5.41) is 8.06. The Kier molecular flexibility index (Phi) is 6.43. The minimum Gasteiger partial charge on any atom is -0.356 e. The molecule has 2 amide bonds. The molecule has 0 saturated carbocycles. The maximum atomic E-state index is 12.8. The van der Waals surface area contributed by atoms with E-state index in [1.807, 2.05) is 30.2 Å². The highest BCUT2D eigenvalue weighted by Gasteiger charge is 2.28. The largest absolute Gasteiger partial charge is 0.356 e. The van der Waals surface area contributed by atoms with Crippen LogP contribution in [-0.4, -0.2) is 41.3 Å². The van der Waals surface area contributed by atoms with Gasteiger partial charge in [-0.15, -0.1) is 22.7 Å². The average Bonchev–Trinajstić information content (AvgIpc) is 3.30. The van der Waals surface area contributed by atoms with E-state index >= 15 is 0 Å². The van der Waals surface area contributed by atoms with E-state index < -0.39 is 0 Å². The normalized spacial score (nSPS) is 17.3. The molecule has 1 aliphatic rings. The number of aromatic nitrogens is 1. The van der Waals surface area contributed by atoms with E-state index in [1.165, 1.54) is 11.3 Å². The third kappa shape index (κ3) is 4.51. The molecule has 1 aliphatic heterocycles. The molecule has 0 radical (unpaired) electrons. The van der Waals surface area contributed by atoms with Gasteiger partial charge in [0.15, 0.2) is 0 Å². The maximum absolute atomic E-state index is 12.8. The van der Waals surface area contributed by atoms with Crippen LogP contribution in [0.4, 0.5) is 0 Å². The summed E-state index contributed by atoms with van der Waals surface area (Å²) in [6.45, 7) is 6.05. The van der Waals surface area contributed by atoms with Crippen LogP contribution in [0.1, 0.15) is 58.0 Å². The molecule has 3 heterocycles. The Morgan fingerprint density at radius 2 is 2.23 bits per heavy atom. The second kappa shape index (κ2) is 8.77. The summed E-state index contributed by atoms with van der Waals surface area (Å²) < 4.78 is 0. The van der Waals surface area contributed by atoms with Crippen LogP contribution in [0.15, 0.2) is 16.8 Å². The number of nitrogens with zero attached hydrogens (tertiary/aromatic N) is 2. The molecule has 0 aliphatic carbocycles. The van der Waals surface area contributed by atoms with E-state index in [2.05, 4.69) is 10.7 Å². The van der Waals surface area contributed by atoms with Gasteiger partial charge in [-0.3, -0.25) is 9.59 Å². The summed E-state index contributed by atoms with van der Waals surface area (Å²) in [7, 11) is 0. The molecular weight excluding hydrogens is 366 g/mol. The smallest absolute Gasteiger partial charge is 0.264 e. The fourth-order valence-corrected chi connectivity index (χ4v) is 5.05. The Morgan fingerprint density at radius 1 is 1.38 bits per heavy atom. The number of carbonyl (C=O) groups excluding carboxylic acids is 2. The van der Waals surface area contributed by atoms with E-state index in [1.54, 1.807) is 11.3 Å². The molecule has 3 rings (SSSR count). The monoisotopic (exact) mass is 391 g/mol. The van der Waals surface area contributed by atoms with Gasteiger partial charge in [0.2, 0.25) is 5.91 Å². The molecule has 5 nitrogen and oxygen atoms in total. The molecule has 0 aromatic carbocycles. The summed E-state index contributed by atoms with van der Waals surface area (Å²) in [4.78, 5) is 31.7. The SMILES string of the molecule is CCC(=O)NCCc1csc([C@@H]2CCCN(C(=O)c3sccc3C)C2)n1. The van der Waals surface area contributed by atoms with Crippen molar-refractivity contribution in [3.8, 4) is 0 Å². The highest BCUT2D eigenvalue weighted by Crippen LogP contribution is 2.31. The summed E-state index contributed by atoms with van der Waals surface area (Å²) in [6.07, 6.45) is 3.36. The second-order valence-corrected chi connectivity index (χ2v) is 8.46. The molecule has 2 aromatic heterocycles. The van der Waals surface area contributed by atoms with Crippen LogP contribution in [0.2, 0.25) is 0 Å². The van der Waals surface area contributed by atoms with Crippen LogP contribution in [0.5, 0.6) is 0 Å². The lowest BCUT2D eigenvalue weighted by Crippen LogP contribution is -2.39. The van der Waals surface area contributed by atoms with Gasteiger partial charge in [0.1, 0.15) is 0 Å². The highest BCUT2D eigenvalue weighted by atomic mass is 32.1. The topological polar surface area (TPSA) is 62.3 Å². The summed E-state index contributed by atoms with van der Waals surface area (Å²) in [5.41, 5.74) is 2.09. The van der Waals surface area contributed by atoms with Crippen LogP contribution in [0.25, 0.3) is 0 Å². The zero-order valence-corrected chi connectivity index (χ0v) is 16.9. The van der Waals surface area contributed by atoms with E-state index in [0.29, 0.717) is 18.9 Å². The number of aryl methyl sites for hydroxylation is 1. The van der Waals surface area contributed by atoms with E-state index in [9.17, 15) is 9.59 Å². The first-order chi connectivity index (χ1) is 12.6. The van der Waals surface area contributed by atoms with Gasteiger partial charge in [-0.1, -0.05) is 6.92 Å². The Hall–Kier alpha value is -1.73. The van der Waals surface area contributed by atoms with E-state index in [0.717, 1.165) is 53.5 Å². The van der Waals surface area contributed by atoms with Gasteiger partial charge in [0, 0.05) is 43.8 Å². The fourth-order valence-electron chi connectivity index (χ4n) is 3.18. The van der Waals surface area contributed by atoms with Crippen molar-refractivity contribution in [3.63, 3.8) is 0 Å². The molecule has 1 fully saturated rings. The Morgan fingerprint density at radius 3 is 2.96 bits per heavy atom. The Bertz CT molecular complexity index is 768. The minimum atomic E-state index is 0.0748. The number of hydrogen-bond donors (Lipinski definition) is 1. The lowest BCUT2D eigenvalue weighted by atomic mass is 9.98. The predicted molar refractivity (Wildman–Crippen MR) is 106 cm³/mol. The molecule has 0 bridgehead atoms. The van der Waals surface area contributed by atoms with Gasteiger partial charge in [0.25, 0.3) is 5.91 Å². The first-order valence-electron chi connectivity index (χ1n) is 9.12.